The Morgan fingerprint density at radius 2 is 1.76 bits per heavy atom. The maximum atomic E-state index is 6.65. The maximum Gasteiger partial charge on any atom is 0.373 e. The van der Waals surface area contributed by atoms with Gasteiger partial charge in [-0.3, -0.25) is 0 Å². The topological polar surface area (TPSA) is 18.5 Å². The van der Waals surface area contributed by atoms with E-state index in [1.165, 1.54) is 21.5 Å². The zero-order chi connectivity index (χ0) is 18.5. The largest absolute Gasteiger partial charge is 0.394 e. The lowest BCUT2D eigenvalue weighted by Gasteiger charge is -2.33. The van der Waals surface area contributed by atoms with Crippen LogP contribution in [0, 0.1) is 12.3 Å². The van der Waals surface area contributed by atoms with Gasteiger partial charge in [0.05, 0.1) is 0 Å². The summed E-state index contributed by atoms with van der Waals surface area (Å²) in [6, 6.07) is 14.1. The van der Waals surface area contributed by atoms with Crippen molar-refractivity contribution in [3.05, 3.63) is 42.0 Å². The lowest BCUT2D eigenvalue weighted by atomic mass is 9.93. The molecule has 0 bridgehead atoms. The summed E-state index contributed by atoms with van der Waals surface area (Å²) in [6.07, 6.45) is 3.34. The summed E-state index contributed by atoms with van der Waals surface area (Å²) in [4.78, 5) is 0. The number of fused-ring (bicyclic) bond motifs is 1. The van der Waals surface area contributed by atoms with Crippen LogP contribution in [0.25, 0.3) is 10.8 Å². The van der Waals surface area contributed by atoms with E-state index in [1.807, 2.05) is 7.11 Å². The van der Waals surface area contributed by atoms with Crippen LogP contribution in [0.5, 0.6) is 0 Å². The summed E-state index contributed by atoms with van der Waals surface area (Å²) in [5.74, 6) is 0. The number of benzene rings is 2. The van der Waals surface area contributed by atoms with Gasteiger partial charge in [-0.15, -0.1) is 0 Å². The molecule has 2 nitrogen and oxygen atoms in total. The normalized spacial score (nSPS) is 14.6. The average molecular weight is 359 g/mol. The summed E-state index contributed by atoms with van der Waals surface area (Å²) >= 11 is 0. The standard InChI is InChI=1S/C22H34O2Si/c1-7-8-17-25(23-6,24-16-15-22(3,4)5)21-18(2)13-14-19-11-9-10-12-20(19)21/h9-14H,7-8,15-17H2,1-6H3. The van der Waals surface area contributed by atoms with Crippen LogP contribution in [0.2, 0.25) is 6.04 Å². The minimum atomic E-state index is -2.48. The second-order valence-corrected chi connectivity index (χ2v) is 11.4. The molecule has 1 atom stereocenters. The molecular weight excluding hydrogens is 324 g/mol. The van der Waals surface area contributed by atoms with Crippen LogP contribution in [-0.4, -0.2) is 22.3 Å². The highest BCUT2D eigenvalue weighted by Gasteiger charge is 2.41. The van der Waals surface area contributed by atoms with E-state index in [0.29, 0.717) is 0 Å². The third-order valence-corrected chi connectivity index (χ3v) is 8.66. The predicted octanol–water partition coefficient (Wildman–Crippen LogP) is 5.70. The fourth-order valence-corrected chi connectivity index (χ4v) is 6.99. The van der Waals surface area contributed by atoms with Gasteiger partial charge in [0.2, 0.25) is 0 Å². The van der Waals surface area contributed by atoms with Crippen molar-refractivity contribution in [2.24, 2.45) is 5.41 Å². The zero-order valence-corrected chi connectivity index (χ0v) is 17.8. The Morgan fingerprint density at radius 3 is 2.40 bits per heavy atom. The molecule has 138 valence electrons. The lowest BCUT2D eigenvalue weighted by Crippen LogP contribution is -2.54. The molecule has 0 aromatic heterocycles. The van der Waals surface area contributed by atoms with E-state index >= 15 is 0 Å². The van der Waals surface area contributed by atoms with Crippen molar-refractivity contribution in [2.75, 3.05) is 13.7 Å². The molecule has 0 N–H and O–H groups in total. The first-order valence-corrected chi connectivity index (χ1v) is 11.5. The van der Waals surface area contributed by atoms with E-state index < -0.39 is 8.56 Å². The van der Waals surface area contributed by atoms with Crippen molar-refractivity contribution >= 4 is 24.5 Å². The third kappa shape index (κ3) is 4.93. The van der Waals surface area contributed by atoms with Crippen molar-refractivity contribution in [1.29, 1.82) is 0 Å². The minimum Gasteiger partial charge on any atom is -0.394 e. The van der Waals surface area contributed by atoms with Crippen LogP contribution in [0.4, 0.5) is 0 Å². The molecule has 2 aromatic rings. The quantitative estimate of drug-likeness (QED) is 0.564. The highest BCUT2D eigenvalue weighted by Crippen LogP contribution is 2.26. The number of rotatable bonds is 8. The molecule has 0 heterocycles. The Bertz CT molecular complexity index is 690. The van der Waals surface area contributed by atoms with E-state index in [2.05, 4.69) is 71.0 Å². The van der Waals surface area contributed by atoms with E-state index in [4.69, 9.17) is 8.85 Å². The van der Waals surface area contributed by atoms with Crippen LogP contribution in [0.15, 0.2) is 36.4 Å². The van der Waals surface area contributed by atoms with Crippen LogP contribution in [-0.2, 0) is 8.85 Å². The molecule has 25 heavy (non-hydrogen) atoms. The van der Waals surface area contributed by atoms with Crippen molar-refractivity contribution in [3.8, 4) is 0 Å². The van der Waals surface area contributed by atoms with E-state index in [0.717, 1.165) is 31.9 Å². The molecule has 0 amide bonds. The third-order valence-electron chi connectivity index (χ3n) is 4.89. The average Bonchev–Trinajstić information content (AvgIpc) is 2.57. The number of hydrogen-bond donors (Lipinski definition) is 0. The molecular formula is C22H34O2Si. The van der Waals surface area contributed by atoms with Gasteiger partial charge in [0, 0.05) is 18.9 Å². The first kappa shape index (κ1) is 20.2. The van der Waals surface area contributed by atoms with Crippen molar-refractivity contribution < 1.29 is 8.85 Å². The number of aryl methyl sites for hydroxylation is 1. The zero-order valence-electron chi connectivity index (χ0n) is 16.8. The van der Waals surface area contributed by atoms with Gasteiger partial charge in [-0.05, 0) is 41.1 Å². The van der Waals surface area contributed by atoms with Gasteiger partial charge in [-0.2, -0.15) is 0 Å². The fourth-order valence-electron chi connectivity index (χ4n) is 3.35. The smallest absolute Gasteiger partial charge is 0.373 e. The van der Waals surface area contributed by atoms with Gasteiger partial charge in [-0.25, -0.2) is 0 Å². The Kier molecular flexibility index (Phi) is 6.84. The van der Waals surface area contributed by atoms with E-state index in [1.54, 1.807) is 0 Å². The minimum absolute atomic E-state index is 0.270. The van der Waals surface area contributed by atoms with Crippen molar-refractivity contribution in [3.63, 3.8) is 0 Å². The van der Waals surface area contributed by atoms with Crippen LogP contribution < -0.4 is 5.19 Å². The Labute approximate surface area is 154 Å². The monoisotopic (exact) mass is 358 g/mol. The van der Waals surface area contributed by atoms with Crippen LogP contribution >= 0.6 is 0 Å². The van der Waals surface area contributed by atoms with Gasteiger partial charge < -0.3 is 8.85 Å². The van der Waals surface area contributed by atoms with Crippen molar-refractivity contribution in [2.45, 2.75) is 59.9 Å². The summed E-state index contributed by atoms with van der Waals surface area (Å²) in [6.45, 7) is 12.0. The summed E-state index contributed by atoms with van der Waals surface area (Å²) < 4.78 is 12.9. The molecule has 2 aromatic carbocycles. The number of hydrogen-bond acceptors (Lipinski definition) is 2. The summed E-state index contributed by atoms with van der Waals surface area (Å²) in [5.41, 5.74) is 1.56. The molecule has 1 unspecified atom stereocenters. The molecule has 0 saturated carbocycles. The molecule has 2 rings (SSSR count). The summed E-state index contributed by atoms with van der Waals surface area (Å²) in [7, 11) is -0.628. The Balaban J connectivity index is 2.49. The predicted molar refractivity (Wildman–Crippen MR) is 111 cm³/mol. The fraction of sp³-hybridized carbons (Fsp3) is 0.545. The first-order chi connectivity index (χ1) is 11.8. The summed E-state index contributed by atoms with van der Waals surface area (Å²) in [5, 5.41) is 3.89. The number of unbranched alkanes of at least 4 members (excludes halogenated alkanes) is 1. The molecule has 0 aliphatic carbocycles. The van der Waals surface area contributed by atoms with Gasteiger partial charge >= 0.3 is 8.56 Å². The van der Waals surface area contributed by atoms with E-state index in [9.17, 15) is 0 Å². The van der Waals surface area contributed by atoms with Crippen LogP contribution in [0.1, 0.15) is 52.5 Å². The van der Waals surface area contributed by atoms with Gasteiger partial charge in [0.1, 0.15) is 0 Å². The Hall–Kier alpha value is -1.16. The molecule has 3 heteroatoms. The highest BCUT2D eigenvalue weighted by molar-refractivity contribution is 6.83. The SMILES string of the molecule is CCCC[Si](OC)(OCCC(C)(C)C)c1c(C)ccc2ccccc12. The molecule has 0 fully saturated rings. The molecule has 0 aliphatic heterocycles. The van der Waals surface area contributed by atoms with Crippen LogP contribution in [0.3, 0.4) is 0 Å². The molecule has 0 radical (unpaired) electrons. The highest BCUT2D eigenvalue weighted by atomic mass is 28.4. The van der Waals surface area contributed by atoms with Gasteiger partial charge in [-0.1, -0.05) is 76.9 Å². The molecule has 0 spiro atoms. The molecule has 0 saturated heterocycles. The van der Waals surface area contributed by atoms with Crippen molar-refractivity contribution in [1.82, 2.24) is 0 Å². The first-order valence-electron chi connectivity index (χ1n) is 9.51. The molecule has 0 aliphatic rings. The second-order valence-electron chi connectivity index (χ2n) is 8.20. The second kappa shape index (κ2) is 8.48. The van der Waals surface area contributed by atoms with Gasteiger partial charge in [0.15, 0.2) is 0 Å². The van der Waals surface area contributed by atoms with Gasteiger partial charge in [0.25, 0.3) is 0 Å². The van der Waals surface area contributed by atoms with E-state index in [-0.39, 0.29) is 5.41 Å². The Morgan fingerprint density at radius 1 is 1.04 bits per heavy atom. The lowest BCUT2D eigenvalue weighted by molar-refractivity contribution is 0.179. The maximum absolute atomic E-state index is 6.65.